The molecule has 0 spiro atoms. The Balaban J connectivity index is 1.88. The maximum Gasteiger partial charge on any atom is 0.259 e. The summed E-state index contributed by atoms with van der Waals surface area (Å²) in [5.74, 6) is 0.743. The first-order valence-electron chi connectivity index (χ1n) is 6.31. The number of rotatable bonds is 4. The van der Waals surface area contributed by atoms with E-state index < -0.39 is 11.3 Å². The standard InChI is InChI=1S/C15H11FN2O3S/c16-10-1-6-13-14(9-10)17-8-7-15(13)21-12-4-2-11(3-5-12)18-22(19)20/h1-9,18H,(H,19,20). The average molecular weight is 318 g/mol. The zero-order chi connectivity index (χ0) is 15.5. The summed E-state index contributed by atoms with van der Waals surface area (Å²) in [5, 5.41) is 0.697. The SMILES string of the molecule is O=S(O)Nc1ccc(Oc2ccnc3cc(F)ccc23)cc1. The number of hydrogen-bond donors (Lipinski definition) is 2. The zero-order valence-corrected chi connectivity index (χ0v) is 12.0. The monoisotopic (exact) mass is 318 g/mol. The Hall–Kier alpha value is -2.51. The molecule has 22 heavy (non-hydrogen) atoms. The van der Waals surface area contributed by atoms with Crippen LogP contribution in [0.2, 0.25) is 0 Å². The molecule has 3 rings (SSSR count). The van der Waals surface area contributed by atoms with Crippen LogP contribution in [0.1, 0.15) is 0 Å². The van der Waals surface area contributed by atoms with E-state index in [9.17, 15) is 8.60 Å². The zero-order valence-electron chi connectivity index (χ0n) is 11.2. The molecule has 0 saturated heterocycles. The first-order chi connectivity index (χ1) is 10.6. The molecule has 3 aromatic rings. The molecule has 5 nitrogen and oxygen atoms in total. The quantitative estimate of drug-likeness (QED) is 0.719. The van der Waals surface area contributed by atoms with Crippen molar-refractivity contribution in [2.45, 2.75) is 0 Å². The molecule has 0 amide bonds. The fourth-order valence-corrected chi connectivity index (χ4v) is 2.34. The molecule has 1 heterocycles. The minimum Gasteiger partial charge on any atom is -0.457 e. The molecule has 2 N–H and O–H groups in total. The predicted molar refractivity (Wildman–Crippen MR) is 82.6 cm³/mol. The Morgan fingerprint density at radius 2 is 1.91 bits per heavy atom. The smallest absolute Gasteiger partial charge is 0.259 e. The van der Waals surface area contributed by atoms with Crippen LogP contribution in [0.3, 0.4) is 0 Å². The molecule has 0 fully saturated rings. The van der Waals surface area contributed by atoms with Crippen LogP contribution in [0.4, 0.5) is 10.1 Å². The summed E-state index contributed by atoms with van der Waals surface area (Å²) in [6.45, 7) is 0. The molecule has 1 unspecified atom stereocenters. The lowest BCUT2D eigenvalue weighted by molar-refractivity contribution is 0.488. The highest BCUT2D eigenvalue weighted by molar-refractivity contribution is 7.80. The van der Waals surface area contributed by atoms with Crippen molar-refractivity contribution < 1.29 is 17.9 Å². The van der Waals surface area contributed by atoms with E-state index >= 15 is 0 Å². The summed E-state index contributed by atoms with van der Waals surface area (Å²) in [4.78, 5) is 4.10. The third kappa shape index (κ3) is 3.21. The van der Waals surface area contributed by atoms with E-state index in [0.717, 1.165) is 0 Å². The number of halogens is 1. The third-order valence-corrected chi connectivity index (χ3v) is 3.36. The van der Waals surface area contributed by atoms with E-state index in [2.05, 4.69) is 9.71 Å². The largest absolute Gasteiger partial charge is 0.457 e. The molecule has 0 saturated carbocycles. The topological polar surface area (TPSA) is 71.5 Å². The first kappa shape index (κ1) is 14.4. The molecule has 112 valence electrons. The van der Waals surface area contributed by atoms with Crippen molar-refractivity contribution in [3.8, 4) is 11.5 Å². The van der Waals surface area contributed by atoms with E-state index in [1.165, 1.54) is 12.1 Å². The van der Waals surface area contributed by atoms with Crippen LogP contribution in [0.25, 0.3) is 10.9 Å². The molecular formula is C15H11FN2O3S. The summed E-state index contributed by atoms with van der Waals surface area (Å²) in [7, 11) is 0. The van der Waals surface area contributed by atoms with Crippen molar-refractivity contribution in [3.05, 3.63) is 60.5 Å². The Bertz CT molecular complexity index is 840. The fraction of sp³-hybridized carbons (Fsp3) is 0. The summed E-state index contributed by atoms with van der Waals surface area (Å²) >= 11 is -2.12. The van der Waals surface area contributed by atoms with E-state index in [-0.39, 0.29) is 5.82 Å². The second kappa shape index (κ2) is 6.08. The molecule has 2 aromatic carbocycles. The predicted octanol–water partition coefficient (Wildman–Crippen LogP) is 3.71. The summed E-state index contributed by atoms with van der Waals surface area (Å²) in [6.07, 6.45) is 1.54. The number of aromatic nitrogens is 1. The van der Waals surface area contributed by atoms with Gasteiger partial charge in [-0.15, -0.1) is 0 Å². The van der Waals surface area contributed by atoms with Gasteiger partial charge in [0.15, 0.2) is 0 Å². The molecule has 7 heteroatoms. The number of benzene rings is 2. The van der Waals surface area contributed by atoms with Crippen molar-refractivity contribution in [2.75, 3.05) is 4.72 Å². The van der Waals surface area contributed by atoms with Gasteiger partial charge >= 0.3 is 0 Å². The van der Waals surface area contributed by atoms with E-state index in [4.69, 9.17) is 9.29 Å². The Labute approximate surface area is 128 Å². The maximum absolute atomic E-state index is 13.2. The molecule has 0 radical (unpaired) electrons. The molecular weight excluding hydrogens is 307 g/mol. The minimum atomic E-state index is -2.12. The van der Waals surface area contributed by atoms with Gasteiger partial charge in [-0.3, -0.25) is 14.3 Å². The lowest BCUT2D eigenvalue weighted by atomic mass is 10.2. The van der Waals surface area contributed by atoms with Gasteiger partial charge in [0.05, 0.1) is 5.52 Å². The lowest BCUT2D eigenvalue weighted by Crippen LogP contribution is -2.01. The number of fused-ring (bicyclic) bond motifs is 1. The van der Waals surface area contributed by atoms with Crippen molar-refractivity contribution in [1.82, 2.24) is 4.98 Å². The molecule has 0 bridgehead atoms. The summed E-state index contributed by atoms with van der Waals surface area (Å²) in [5.41, 5.74) is 1.00. The van der Waals surface area contributed by atoms with Gasteiger partial charge in [-0.1, -0.05) is 0 Å². The summed E-state index contributed by atoms with van der Waals surface area (Å²) in [6, 6.07) is 12.5. The first-order valence-corrected chi connectivity index (χ1v) is 7.42. The van der Waals surface area contributed by atoms with Gasteiger partial charge in [0.25, 0.3) is 11.3 Å². The van der Waals surface area contributed by atoms with Gasteiger partial charge in [0.2, 0.25) is 0 Å². The molecule has 1 aromatic heterocycles. The van der Waals surface area contributed by atoms with E-state index in [1.54, 1.807) is 42.6 Å². The maximum atomic E-state index is 13.2. The van der Waals surface area contributed by atoms with Crippen molar-refractivity contribution >= 4 is 27.9 Å². The Morgan fingerprint density at radius 1 is 1.14 bits per heavy atom. The number of hydrogen-bond acceptors (Lipinski definition) is 3. The van der Waals surface area contributed by atoms with Crippen molar-refractivity contribution in [3.63, 3.8) is 0 Å². The van der Waals surface area contributed by atoms with Crippen LogP contribution in [-0.4, -0.2) is 13.7 Å². The minimum absolute atomic E-state index is 0.357. The average Bonchev–Trinajstić information content (AvgIpc) is 2.48. The van der Waals surface area contributed by atoms with Crippen LogP contribution < -0.4 is 9.46 Å². The number of ether oxygens (including phenoxy) is 1. The van der Waals surface area contributed by atoms with Crippen LogP contribution >= 0.6 is 0 Å². The van der Waals surface area contributed by atoms with Crippen molar-refractivity contribution in [2.24, 2.45) is 0 Å². The number of nitrogens with one attached hydrogen (secondary N) is 1. The number of pyridine rings is 1. The van der Waals surface area contributed by atoms with Gasteiger partial charge in [-0.05, 0) is 42.5 Å². The van der Waals surface area contributed by atoms with Crippen molar-refractivity contribution in [1.29, 1.82) is 0 Å². The third-order valence-electron chi connectivity index (χ3n) is 2.95. The van der Waals surface area contributed by atoms with Crippen LogP contribution in [0.5, 0.6) is 11.5 Å². The van der Waals surface area contributed by atoms with Crippen LogP contribution in [-0.2, 0) is 11.3 Å². The molecule has 1 atom stereocenters. The van der Waals surface area contributed by atoms with Gasteiger partial charge < -0.3 is 4.74 Å². The normalized spacial score (nSPS) is 12.1. The van der Waals surface area contributed by atoms with Crippen LogP contribution in [0, 0.1) is 5.82 Å². The van der Waals surface area contributed by atoms with Gasteiger partial charge in [0, 0.05) is 23.3 Å². The molecule has 0 aliphatic rings. The highest BCUT2D eigenvalue weighted by Gasteiger charge is 2.06. The Morgan fingerprint density at radius 3 is 2.64 bits per heavy atom. The molecule has 0 aliphatic carbocycles. The number of anilines is 1. The van der Waals surface area contributed by atoms with Gasteiger partial charge in [0.1, 0.15) is 17.3 Å². The number of nitrogens with zero attached hydrogens (tertiary/aromatic N) is 1. The van der Waals surface area contributed by atoms with Gasteiger partial charge in [-0.2, -0.15) is 0 Å². The Kier molecular flexibility index (Phi) is 3.99. The second-order valence-electron chi connectivity index (χ2n) is 4.45. The highest BCUT2D eigenvalue weighted by atomic mass is 32.2. The molecule has 0 aliphatic heterocycles. The summed E-state index contributed by atoms with van der Waals surface area (Å²) < 4.78 is 40.7. The highest BCUT2D eigenvalue weighted by Crippen LogP contribution is 2.29. The van der Waals surface area contributed by atoms with Crippen LogP contribution in [0.15, 0.2) is 54.7 Å². The lowest BCUT2D eigenvalue weighted by Gasteiger charge is -2.09. The van der Waals surface area contributed by atoms with Gasteiger partial charge in [-0.25, -0.2) is 8.60 Å². The van der Waals surface area contributed by atoms with E-state index in [0.29, 0.717) is 28.1 Å². The fourth-order valence-electron chi connectivity index (χ4n) is 2.00. The second-order valence-corrected chi connectivity index (χ2v) is 5.15. The van der Waals surface area contributed by atoms with E-state index in [1.807, 2.05) is 0 Å².